The molecular weight excluding hydrogens is 593 g/mol. The SMILES string of the molecule is COc1cccc(NC(=O)ON2CCC(Nc3nc(N[C@H]4CC[C@H](N)CC4)nc4c3ncn4C3CCCC3)CC2)c1.Cl.Cl. The number of ether oxygens (including phenoxy) is 1. The Labute approximate surface area is 264 Å². The number of benzene rings is 1. The standard InChI is InChI=1S/C29H41N9O3.2ClH/c1-40-24-8-4-5-22(17-24)34-29(39)41-37-15-13-21(14-16-37)32-26-25-27(38(18-31-25)23-6-2-3-7-23)36-28(35-26)33-20-11-9-19(30)10-12-20;;/h4-5,8,17-21,23H,2-3,6-7,9-16,30H2,1H3,(H,34,39)(H2,32,33,35,36);2*1H/t19-,20-;;. The normalized spacial score (nSPS) is 21.4. The summed E-state index contributed by atoms with van der Waals surface area (Å²) >= 11 is 0. The molecule has 2 aromatic heterocycles. The first kappa shape index (κ1) is 32.8. The van der Waals surface area contributed by atoms with Crippen LogP contribution in [0.3, 0.4) is 0 Å². The first-order chi connectivity index (χ1) is 20.0. The third kappa shape index (κ3) is 8.11. The van der Waals surface area contributed by atoms with E-state index in [4.69, 9.17) is 30.3 Å². The van der Waals surface area contributed by atoms with Gasteiger partial charge in [0.25, 0.3) is 0 Å². The Morgan fingerprint density at radius 3 is 2.40 bits per heavy atom. The van der Waals surface area contributed by atoms with Gasteiger partial charge in [0.15, 0.2) is 17.0 Å². The van der Waals surface area contributed by atoms with Gasteiger partial charge in [0.05, 0.1) is 13.4 Å². The van der Waals surface area contributed by atoms with Crippen molar-refractivity contribution in [1.82, 2.24) is 24.6 Å². The monoisotopic (exact) mass is 635 g/mol. The summed E-state index contributed by atoms with van der Waals surface area (Å²) in [5.41, 5.74) is 8.45. The minimum Gasteiger partial charge on any atom is -0.497 e. The fraction of sp³-hybridized carbons (Fsp3) is 0.586. The molecule has 14 heteroatoms. The molecule has 0 bridgehead atoms. The highest BCUT2D eigenvalue weighted by Crippen LogP contribution is 2.34. The molecule has 3 heterocycles. The van der Waals surface area contributed by atoms with Crippen LogP contribution >= 0.6 is 24.8 Å². The maximum absolute atomic E-state index is 12.5. The zero-order chi connectivity index (χ0) is 28.2. The molecule has 3 aliphatic rings. The molecule has 1 aromatic carbocycles. The molecule has 2 aliphatic carbocycles. The van der Waals surface area contributed by atoms with E-state index in [2.05, 4.69) is 20.5 Å². The first-order valence-electron chi connectivity index (χ1n) is 14.9. The highest BCUT2D eigenvalue weighted by Gasteiger charge is 2.27. The fourth-order valence-corrected chi connectivity index (χ4v) is 6.22. The Morgan fingerprint density at radius 1 is 0.953 bits per heavy atom. The van der Waals surface area contributed by atoms with Crippen LogP contribution in [0.25, 0.3) is 11.2 Å². The number of imidazole rings is 1. The molecule has 2 saturated carbocycles. The zero-order valence-electron chi connectivity index (χ0n) is 24.5. The quantitative estimate of drug-likeness (QED) is 0.250. The van der Waals surface area contributed by atoms with Crippen molar-refractivity contribution in [2.45, 2.75) is 88.4 Å². The van der Waals surface area contributed by atoms with Gasteiger partial charge in [0.2, 0.25) is 5.95 Å². The van der Waals surface area contributed by atoms with Crippen LogP contribution in [-0.4, -0.2) is 69.0 Å². The molecule has 12 nitrogen and oxygen atoms in total. The zero-order valence-corrected chi connectivity index (χ0v) is 26.2. The van der Waals surface area contributed by atoms with Gasteiger partial charge < -0.3 is 30.5 Å². The number of nitrogens with two attached hydrogens (primary N) is 1. The van der Waals surface area contributed by atoms with Crippen molar-refractivity contribution in [1.29, 1.82) is 0 Å². The lowest BCUT2D eigenvalue weighted by Crippen LogP contribution is -2.41. The second-order valence-electron chi connectivity index (χ2n) is 11.5. The Hall–Kier alpha value is -3.06. The van der Waals surface area contributed by atoms with Gasteiger partial charge in [-0.15, -0.1) is 29.9 Å². The predicted octanol–water partition coefficient (Wildman–Crippen LogP) is 5.52. The lowest BCUT2D eigenvalue weighted by Gasteiger charge is -2.31. The Morgan fingerprint density at radius 2 is 1.67 bits per heavy atom. The molecule has 236 valence electrons. The summed E-state index contributed by atoms with van der Waals surface area (Å²) in [6, 6.07) is 8.41. The minimum atomic E-state index is -0.515. The largest absolute Gasteiger partial charge is 0.497 e. The number of hydrogen-bond donors (Lipinski definition) is 4. The van der Waals surface area contributed by atoms with Gasteiger partial charge in [-0.3, -0.25) is 5.32 Å². The summed E-state index contributed by atoms with van der Waals surface area (Å²) < 4.78 is 7.46. The van der Waals surface area contributed by atoms with Crippen LogP contribution in [0, 0.1) is 0 Å². The number of anilines is 3. The third-order valence-electron chi connectivity index (χ3n) is 8.57. The molecule has 5 N–H and O–H groups in total. The Balaban J connectivity index is 0.00000212. The van der Waals surface area contributed by atoms with Gasteiger partial charge >= 0.3 is 6.09 Å². The van der Waals surface area contributed by atoms with E-state index in [1.165, 1.54) is 12.8 Å². The van der Waals surface area contributed by atoms with Crippen molar-refractivity contribution < 1.29 is 14.4 Å². The molecular formula is C29H43Cl2N9O3. The molecule has 0 atom stereocenters. The molecule has 0 unspecified atom stereocenters. The van der Waals surface area contributed by atoms with Gasteiger partial charge in [-0.25, -0.2) is 9.78 Å². The molecule has 3 aromatic rings. The molecule has 1 aliphatic heterocycles. The van der Waals surface area contributed by atoms with Crippen molar-refractivity contribution >= 4 is 59.5 Å². The van der Waals surface area contributed by atoms with Crippen LogP contribution < -0.4 is 26.4 Å². The lowest BCUT2D eigenvalue weighted by atomic mass is 9.92. The smallest absolute Gasteiger partial charge is 0.430 e. The van der Waals surface area contributed by atoms with E-state index < -0.39 is 6.09 Å². The first-order valence-corrected chi connectivity index (χ1v) is 14.9. The van der Waals surface area contributed by atoms with Crippen molar-refractivity contribution in [3.8, 4) is 5.75 Å². The number of nitrogens with zero attached hydrogens (tertiary/aromatic N) is 5. The number of aromatic nitrogens is 4. The third-order valence-corrected chi connectivity index (χ3v) is 8.57. The summed E-state index contributed by atoms with van der Waals surface area (Å²) in [6.45, 7) is 1.22. The number of rotatable bonds is 8. The summed E-state index contributed by atoms with van der Waals surface area (Å²) in [5.74, 6) is 2.08. The molecule has 43 heavy (non-hydrogen) atoms. The van der Waals surface area contributed by atoms with Gasteiger partial charge in [0, 0.05) is 49.0 Å². The fourth-order valence-electron chi connectivity index (χ4n) is 6.22. The number of fused-ring (bicyclic) bond motifs is 1. The number of halogens is 2. The number of carbonyl (C=O) groups excluding carboxylic acids is 1. The van der Waals surface area contributed by atoms with Crippen molar-refractivity contribution in [2.75, 3.05) is 36.1 Å². The minimum absolute atomic E-state index is 0. The topological polar surface area (TPSA) is 144 Å². The average Bonchev–Trinajstić information content (AvgIpc) is 3.66. The molecule has 6 rings (SSSR count). The van der Waals surface area contributed by atoms with Crippen LogP contribution in [-0.2, 0) is 4.84 Å². The molecule has 3 fully saturated rings. The molecule has 0 radical (unpaired) electrons. The van der Waals surface area contributed by atoms with Crippen LogP contribution in [0.15, 0.2) is 30.6 Å². The summed E-state index contributed by atoms with van der Waals surface area (Å²) in [7, 11) is 1.59. The number of methoxy groups -OCH3 is 1. The van der Waals surface area contributed by atoms with E-state index in [-0.39, 0.29) is 30.9 Å². The van der Waals surface area contributed by atoms with E-state index >= 15 is 0 Å². The summed E-state index contributed by atoms with van der Waals surface area (Å²) in [5, 5.41) is 11.7. The van der Waals surface area contributed by atoms with E-state index in [0.29, 0.717) is 48.6 Å². The Kier molecular flexibility index (Phi) is 11.5. The van der Waals surface area contributed by atoms with Crippen molar-refractivity contribution in [3.63, 3.8) is 0 Å². The number of carbonyl (C=O) groups is 1. The Bertz CT molecular complexity index is 1340. The van der Waals surface area contributed by atoms with Crippen molar-refractivity contribution in [3.05, 3.63) is 30.6 Å². The van der Waals surface area contributed by atoms with E-state index in [1.807, 2.05) is 18.5 Å². The average molecular weight is 637 g/mol. The number of nitrogens with one attached hydrogen (secondary N) is 3. The number of amides is 1. The van der Waals surface area contributed by atoms with Gasteiger partial charge in [-0.1, -0.05) is 18.9 Å². The van der Waals surface area contributed by atoms with E-state index in [0.717, 1.165) is 68.3 Å². The van der Waals surface area contributed by atoms with Gasteiger partial charge in [-0.05, 0) is 63.5 Å². The molecule has 0 spiro atoms. The van der Waals surface area contributed by atoms with E-state index in [1.54, 1.807) is 24.3 Å². The lowest BCUT2D eigenvalue weighted by molar-refractivity contribution is -0.106. The van der Waals surface area contributed by atoms with E-state index in [9.17, 15) is 4.79 Å². The number of hydroxylamine groups is 2. The van der Waals surface area contributed by atoms with Crippen LogP contribution in [0.4, 0.5) is 22.2 Å². The summed E-state index contributed by atoms with van der Waals surface area (Å²) in [4.78, 5) is 32.7. The van der Waals surface area contributed by atoms with Crippen molar-refractivity contribution in [2.24, 2.45) is 5.73 Å². The molecule has 1 saturated heterocycles. The van der Waals surface area contributed by atoms with Crippen LogP contribution in [0.2, 0.25) is 0 Å². The molecule has 1 amide bonds. The maximum atomic E-state index is 12.5. The van der Waals surface area contributed by atoms with Gasteiger partial charge in [-0.2, -0.15) is 9.97 Å². The number of piperidine rings is 1. The maximum Gasteiger partial charge on any atom is 0.430 e. The second-order valence-corrected chi connectivity index (χ2v) is 11.5. The summed E-state index contributed by atoms with van der Waals surface area (Å²) in [6.07, 6.45) is 11.9. The van der Waals surface area contributed by atoms with Crippen LogP contribution in [0.5, 0.6) is 5.75 Å². The highest BCUT2D eigenvalue weighted by atomic mass is 35.5. The van der Waals surface area contributed by atoms with Gasteiger partial charge in [0.1, 0.15) is 5.75 Å². The highest BCUT2D eigenvalue weighted by molar-refractivity contribution is 5.86. The second kappa shape index (κ2) is 15.1. The number of hydrogen-bond acceptors (Lipinski definition) is 10. The predicted molar refractivity (Wildman–Crippen MR) is 172 cm³/mol. The van der Waals surface area contributed by atoms with Crippen LogP contribution in [0.1, 0.15) is 70.3 Å².